The van der Waals surface area contributed by atoms with Crippen LogP contribution in [0, 0.1) is 11.3 Å². The Morgan fingerprint density at radius 2 is 1.62 bits per heavy atom. The SMILES string of the molecule is N#Cc1ccc(N=NN2CCN(c3ccc(Cl)c(Cl)c3)CC2)cc1. The van der Waals surface area contributed by atoms with Crippen molar-refractivity contribution in [1.29, 1.82) is 5.26 Å². The van der Waals surface area contributed by atoms with Crippen LogP contribution in [0.25, 0.3) is 0 Å². The zero-order chi connectivity index (χ0) is 16.9. The van der Waals surface area contributed by atoms with Crippen LogP contribution in [0.2, 0.25) is 10.0 Å². The van der Waals surface area contributed by atoms with Gasteiger partial charge in [-0.2, -0.15) is 5.26 Å². The van der Waals surface area contributed by atoms with Crippen molar-refractivity contribution >= 4 is 34.6 Å². The lowest BCUT2D eigenvalue weighted by molar-refractivity contribution is 0.254. The van der Waals surface area contributed by atoms with Crippen molar-refractivity contribution < 1.29 is 0 Å². The molecule has 3 rings (SSSR count). The maximum Gasteiger partial charge on any atom is 0.0991 e. The zero-order valence-electron chi connectivity index (χ0n) is 12.9. The minimum absolute atomic E-state index is 0.565. The number of nitrogens with zero attached hydrogens (tertiary/aromatic N) is 5. The Labute approximate surface area is 150 Å². The van der Waals surface area contributed by atoms with Crippen LogP contribution in [0.15, 0.2) is 52.8 Å². The number of benzene rings is 2. The van der Waals surface area contributed by atoms with Gasteiger partial charge in [0.25, 0.3) is 0 Å². The first-order valence-electron chi connectivity index (χ1n) is 7.52. The van der Waals surface area contributed by atoms with E-state index in [4.69, 9.17) is 28.5 Å². The molecule has 1 aliphatic rings. The molecule has 5 nitrogen and oxygen atoms in total. The van der Waals surface area contributed by atoms with E-state index in [1.807, 2.05) is 23.2 Å². The van der Waals surface area contributed by atoms with Crippen LogP contribution in [-0.4, -0.2) is 31.2 Å². The summed E-state index contributed by atoms with van der Waals surface area (Å²) in [6.45, 7) is 3.23. The molecule has 0 bridgehead atoms. The van der Waals surface area contributed by atoms with E-state index >= 15 is 0 Å². The highest BCUT2D eigenvalue weighted by molar-refractivity contribution is 6.42. The van der Waals surface area contributed by atoms with Crippen molar-refractivity contribution in [2.45, 2.75) is 0 Å². The van der Waals surface area contributed by atoms with E-state index in [9.17, 15) is 0 Å². The predicted octanol–water partition coefficient (Wildman–Crippen LogP) is 4.69. The van der Waals surface area contributed by atoms with Crippen molar-refractivity contribution in [3.8, 4) is 6.07 Å². The molecule has 0 aliphatic carbocycles. The highest BCUT2D eigenvalue weighted by atomic mass is 35.5. The molecule has 1 saturated heterocycles. The Morgan fingerprint density at radius 1 is 0.917 bits per heavy atom. The van der Waals surface area contributed by atoms with E-state index in [1.54, 1.807) is 24.3 Å². The van der Waals surface area contributed by atoms with Gasteiger partial charge in [-0.1, -0.05) is 28.4 Å². The third kappa shape index (κ3) is 3.97. The molecule has 1 aliphatic heterocycles. The molecule has 0 spiro atoms. The minimum Gasteiger partial charge on any atom is -0.368 e. The van der Waals surface area contributed by atoms with E-state index in [0.717, 1.165) is 37.6 Å². The van der Waals surface area contributed by atoms with Gasteiger partial charge in [-0.15, -0.1) is 5.11 Å². The van der Waals surface area contributed by atoms with Crippen molar-refractivity contribution in [2.75, 3.05) is 31.1 Å². The minimum atomic E-state index is 0.565. The normalized spacial score (nSPS) is 14.9. The Kier molecular flexibility index (Phi) is 5.19. The van der Waals surface area contributed by atoms with E-state index < -0.39 is 0 Å². The van der Waals surface area contributed by atoms with Gasteiger partial charge in [-0.05, 0) is 42.5 Å². The van der Waals surface area contributed by atoms with Gasteiger partial charge in [0.15, 0.2) is 0 Å². The highest BCUT2D eigenvalue weighted by Crippen LogP contribution is 2.27. The number of nitriles is 1. The highest BCUT2D eigenvalue weighted by Gasteiger charge is 2.16. The van der Waals surface area contributed by atoms with Gasteiger partial charge in [0, 0.05) is 18.8 Å². The standard InChI is InChI=1S/C17H15Cl2N5/c18-16-6-5-15(11-17(16)19)23-7-9-24(10-8-23)22-21-14-3-1-13(12-20)2-4-14/h1-6,11H,7-10H2. The molecular formula is C17H15Cl2N5. The summed E-state index contributed by atoms with van der Waals surface area (Å²) in [7, 11) is 0. The summed E-state index contributed by atoms with van der Waals surface area (Å²) in [6, 6.07) is 14.8. The van der Waals surface area contributed by atoms with Crippen molar-refractivity contribution in [3.05, 3.63) is 58.1 Å². The molecule has 122 valence electrons. The van der Waals surface area contributed by atoms with Gasteiger partial charge in [-0.25, -0.2) is 0 Å². The molecule has 0 aromatic heterocycles. The number of anilines is 1. The summed E-state index contributed by atoms with van der Waals surface area (Å²) in [5.74, 6) is 0. The summed E-state index contributed by atoms with van der Waals surface area (Å²) in [6.07, 6.45) is 0. The predicted molar refractivity (Wildman–Crippen MR) is 95.9 cm³/mol. The average molecular weight is 360 g/mol. The van der Waals surface area contributed by atoms with E-state index in [0.29, 0.717) is 15.6 Å². The smallest absolute Gasteiger partial charge is 0.0991 e. The maximum atomic E-state index is 8.78. The molecule has 0 radical (unpaired) electrons. The Hall–Kier alpha value is -2.29. The lowest BCUT2D eigenvalue weighted by Gasteiger charge is -2.34. The fraction of sp³-hybridized carbons (Fsp3) is 0.235. The quantitative estimate of drug-likeness (QED) is 0.747. The lowest BCUT2D eigenvalue weighted by Crippen LogP contribution is -2.43. The molecule has 0 unspecified atom stereocenters. The van der Waals surface area contributed by atoms with Crippen LogP contribution in [0.3, 0.4) is 0 Å². The van der Waals surface area contributed by atoms with Gasteiger partial charge in [0.05, 0.1) is 40.5 Å². The molecule has 0 atom stereocenters. The summed E-state index contributed by atoms with van der Waals surface area (Å²) in [5.41, 5.74) is 2.41. The van der Waals surface area contributed by atoms with Gasteiger partial charge in [0.1, 0.15) is 0 Å². The molecule has 0 saturated carbocycles. The summed E-state index contributed by atoms with van der Waals surface area (Å²) in [5, 5.41) is 20.3. The van der Waals surface area contributed by atoms with Crippen molar-refractivity contribution in [2.24, 2.45) is 10.3 Å². The second kappa shape index (κ2) is 7.52. The molecular weight excluding hydrogens is 345 g/mol. The molecule has 7 heteroatoms. The molecule has 0 N–H and O–H groups in total. The van der Waals surface area contributed by atoms with Crippen molar-refractivity contribution in [3.63, 3.8) is 0 Å². The van der Waals surface area contributed by atoms with Gasteiger partial charge >= 0.3 is 0 Å². The number of piperazine rings is 1. The fourth-order valence-corrected chi connectivity index (χ4v) is 2.74. The summed E-state index contributed by atoms with van der Waals surface area (Å²) >= 11 is 12.0. The number of halogens is 2. The van der Waals surface area contributed by atoms with Crippen molar-refractivity contribution in [1.82, 2.24) is 5.01 Å². The van der Waals surface area contributed by atoms with Crippen LogP contribution in [0.4, 0.5) is 11.4 Å². The molecule has 1 heterocycles. The number of rotatable bonds is 3. The Bertz CT molecular complexity index is 775. The van der Waals surface area contributed by atoms with Gasteiger partial charge in [-0.3, -0.25) is 5.01 Å². The van der Waals surface area contributed by atoms with Crippen LogP contribution in [-0.2, 0) is 0 Å². The van der Waals surface area contributed by atoms with Gasteiger partial charge in [0.2, 0.25) is 0 Å². The van der Waals surface area contributed by atoms with Gasteiger partial charge < -0.3 is 4.90 Å². The van der Waals surface area contributed by atoms with E-state index in [-0.39, 0.29) is 0 Å². The first-order chi connectivity index (χ1) is 11.7. The second-order valence-corrected chi connectivity index (χ2v) is 6.20. The molecule has 2 aromatic carbocycles. The molecule has 1 fully saturated rings. The summed E-state index contributed by atoms with van der Waals surface area (Å²) in [4.78, 5) is 2.25. The van der Waals surface area contributed by atoms with Crippen LogP contribution >= 0.6 is 23.2 Å². The van der Waals surface area contributed by atoms with E-state index in [1.165, 1.54) is 0 Å². The Morgan fingerprint density at radius 3 is 2.25 bits per heavy atom. The Balaban J connectivity index is 1.57. The topological polar surface area (TPSA) is 55.0 Å². The fourth-order valence-electron chi connectivity index (χ4n) is 2.44. The molecule has 0 amide bonds. The lowest BCUT2D eigenvalue weighted by atomic mass is 10.2. The average Bonchev–Trinajstić information content (AvgIpc) is 2.63. The number of hydrogen-bond acceptors (Lipinski definition) is 4. The second-order valence-electron chi connectivity index (χ2n) is 5.39. The molecule has 2 aromatic rings. The monoisotopic (exact) mass is 359 g/mol. The third-order valence-corrected chi connectivity index (χ3v) is 4.55. The number of hydrogen-bond donors (Lipinski definition) is 0. The summed E-state index contributed by atoms with van der Waals surface area (Å²) < 4.78 is 0. The van der Waals surface area contributed by atoms with Crippen LogP contribution in [0.5, 0.6) is 0 Å². The molecule has 24 heavy (non-hydrogen) atoms. The zero-order valence-corrected chi connectivity index (χ0v) is 14.4. The van der Waals surface area contributed by atoms with Crippen LogP contribution < -0.4 is 4.90 Å². The third-order valence-electron chi connectivity index (χ3n) is 3.81. The largest absolute Gasteiger partial charge is 0.368 e. The van der Waals surface area contributed by atoms with Crippen LogP contribution in [0.1, 0.15) is 5.56 Å². The van der Waals surface area contributed by atoms with E-state index in [2.05, 4.69) is 21.3 Å². The maximum absolute atomic E-state index is 8.78. The first-order valence-corrected chi connectivity index (χ1v) is 8.28. The first kappa shape index (κ1) is 16.6.